The number of hydrogen-bond donors (Lipinski definition) is 2. The first-order chi connectivity index (χ1) is 17.8. The highest BCUT2D eigenvalue weighted by Crippen LogP contribution is 2.34. The minimum Gasteiger partial charge on any atom is -0.320 e. The van der Waals surface area contributed by atoms with Crippen LogP contribution in [-0.4, -0.2) is 19.9 Å². The van der Waals surface area contributed by atoms with Crippen molar-refractivity contribution in [3.63, 3.8) is 0 Å². The molecule has 6 rings (SSSR count). The van der Waals surface area contributed by atoms with Gasteiger partial charge in [0.1, 0.15) is 0 Å². The van der Waals surface area contributed by atoms with E-state index in [2.05, 4.69) is 20.2 Å². The maximum atomic E-state index is 4.76. The molecular weight excluding hydrogens is 444 g/mol. The SMILES string of the molecule is c1ccc(-c2nc(/N=N/c3nc(-c4ccccc4)c(-c4ccccc4)[nH]3)[nH]c2-c2ccccc2)cc1. The molecule has 0 saturated carbocycles. The summed E-state index contributed by atoms with van der Waals surface area (Å²) < 4.78 is 0. The van der Waals surface area contributed by atoms with Crippen LogP contribution in [0.15, 0.2) is 132 Å². The van der Waals surface area contributed by atoms with Crippen LogP contribution >= 0.6 is 0 Å². The van der Waals surface area contributed by atoms with Gasteiger partial charge < -0.3 is 9.97 Å². The predicted octanol–water partition coefficient (Wildman–Crippen LogP) is 8.22. The van der Waals surface area contributed by atoms with E-state index in [1.54, 1.807) is 0 Å². The van der Waals surface area contributed by atoms with E-state index in [1.807, 2.05) is 121 Å². The molecule has 6 aromatic rings. The molecule has 6 nitrogen and oxygen atoms in total. The summed E-state index contributed by atoms with van der Waals surface area (Å²) in [7, 11) is 0. The molecule has 0 atom stereocenters. The molecule has 0 bridgehead atoms. The molecule has 0 aliphatic rings. The van der Waals surface area contributed by atoms with Crippen LogP contribution in [0.3, 0.4) is 0 Å². The van der Waals surface area contributed by atoms with Crippen molar-refractivity contribution in [2.45, 2.75) is 0 Å². The zero-order valence-electron chi connectivity index (χ0n) is 19.3. The number of rotatable bonds is 6. The van der Waals surface area contributed by atoms with E-state index < -0.39 is 0 Å². The molecule has 0 unspecified atom stereocenters. The first-order valence-corrected chi connectivity index (χ1v) is 11.7. The number of hydrogen-bond acceptors (Lipinski definition) is 4. The van der Waals surface area contributed by atoms with E-state index in [9.17, 15) is 0 Å². The van der Waals surface area contributed by atoms with Crippen LogP contribution in [0.25, 0.3) is 45.0 Å². The number of nitrogens with one attached hydrogen (secondary N) is 2. The van der Waals surface area contributed by atoms with E-state index in [0.29, 0.717) is 11.9 Å². The molecule has 36 heavy (non-hydrogen) atoms. The van der Waals surface area contributed by atoms with Crippen LogP contribution in [0.1, 0.15) is 0 Å². The molecule has 0 fully saturated rings. The zero-order chi connectivity index (χ0) is 24.2. The number of azo groups is 1. The predicted molar refractivity (Wildman–Crippen MR) is 143 cm³/mol. The molecule has 2 N–H and O–H groups in total. The first-order valence-electron chi connectivity index (χ1n) is 11.7. The van der Waals surface area contributed by atoms with Crippen LogP contribution < -0.4 is 0 Å². The third kappa shape index (κ3) is 4.35. The van der Waals surface area contributed by atoms with Gasteiger partial charge in [-0.2, -0.15) is 0 Å². The van der Waals surface area contributed by atoms with Crippen LogP contribution in [0.4, 0.5) is 11.9 Å². The molecule has 0 aliphatic carbocycles. The summed E-state index contributed by atoms with van der Waals surface area (Å²) in [5.74, 6) is 0.818. The van der Waals surface area contributed by atoms with Gasteiger partial charge in [-0.15, -0.1) is 10.2 Å². The molecule has 0 amide bonds. The first kappa shape index (κ1) is 21.4. The van der Waals surface area contributed by atoms with Gasteiger partial charge in [0.15, 0.2) is 0 Å². The lowest BCUT2D eigenvalue weighted by Gasteiger charge is -2.02. The van der Waals surface area contributed by atoms with Gasteiger partial charge in [0.2, 0.25) is 11.9 Å². The number of H-pyrrole nitrogens is 2. The average Bonchev–Trinajstić information content (AvgIpc) is 3.59. The fraction of sp³-hybridized carbons (Fsp3) is 0. The summed E-state index contributed by atoms with van der Waals surface area (Å²) in [6.45, 7) is 0. The van der Waals surface area contributed by atoms with Crippen molar-refractivity contribution in [3.05, 3.63) is 121 Å². The van der Waals surface area contributed by atoms with Crippen LogP contribution in [0, 0.1) is 0 Å². The summed E-state index contributed by atoms with van der Waals surface area (Å²) in [4.78, 5) is 16.2. The van der Waals surface area contributed by atoms with Crippen molar-refractivity contribution in [1.29, 1.82) is 0 Å². The molecule has 2 heterocycles. The monoisotopic (exact) mass is 466 g/mol. The van der Waals surface area contributed by atoms with Gasteiger partial charge in [0.25, 0.3) is 0 Å². The highest BCUT2D eigenvalue weighted by Gasteiger charge is 2.16. The quantitative estimate of drug-likeness (QED) is 0.242. The molecule has 2 aromatic heterocycles. The Morgan fingerprint density at radius 2 is 0.694 bits per heavy atom. The van der Waals surface area contributed by atoms with Gasteiger partial charge in [-0.25, -0.2) is 9.97 Å². The number of imidazole rings is 2. The molecule has 0 saturated heterocycles. The fourth-order valence-electron chi connectivity index (χ4n) is 4.15. The van der Waals surface area contributed by atoms with Gasteiger partial charge in [0, 0.05) is 22.3 Å². The maximum absolute atomic E-state index is 4.76. The lowest BCUT2D eigenvalue weighted by molar-refractivity contribution is 1.07. The van der Waals surface area contributed by atoms with Crippen LogP contribution in [0.2, 0.25) is 0 Å². The van der Waals surface area contributed by atoms with Crippen LogP contribution in [-0.2, 0) is 0 Å². The zero-order valence-corrected chi connectivity index (χ0v) is 19.3. The third-order valence-corrected chi connectivity index (χ3v) is 5.84. The van der Waals surface area contributed by atoms with Crippen molar-refractivity contribution in [2.75, 3.05) is 0 Å². The molecule has 4 aromatic carbocycles. The molecule has 6 heteroatoms. The Morgan fingerprint density at radius 1 is 0.389 bits per heavy atom. The van der Waals surface area contributed by atoms with E-state index >= 15 is 0 Å². The molecule has 0 spiro atoms. The second-order valence-electron chi connectivity index (χ2n) is 8.23. The number of aromatic amines is 2. The minimum atomic E-state index is 0.409. The molecular formula is C30H22N6. The van der Waals surface area contributed by atoms with Gasteiger partial charge in [-0.3, -0.25) is 0 Å². The standard InChI is InChI=1S/C30H22N6/c1-5-13-21(14-6-1)25-26(22-15-7-2-8-16-22)32-29(31-25)35-36-30-33-27(23-17-9-3-10-18-23)28(34-30)24-19-11-4-12-20-24/h1-20H,(H,31,32)(H,33,34)/b36-35+. The number of benzene rings is 4. The smallest absolute Gasteiger partial charge is 0.247 e. The summed E-state index contributed by atoms with van der Waals surface area (Å²) in [5, 5.41) is 8.83. The normalized spacial score (nSPS) is 11.2. The Bertz CT molecular complexity index is 1360. The van der Waals surface area contributed by atoms with Crippen molar-refractivity contribution < 1.29 is 0 Å². The van der Waals surface area contributed by atoms with Gasteiger partial charge in [-0.05, 0) is 0 Å². The molecule has 0 aliphatic heterocycles. The Balaban J connectivity index is 1.40. The van der Waals surface area contributed by atoms with Crippen LogP contribution in [0.5, 0.6) is 0 Å². The van der Waals surface area contributed by atoms with Gasteiger partial charge in [0.05, 0.1) is 22.8 Å². The summed E-state index contributed by atoms with van der Waals surface area (Å²) in [5.41, 5.74) is 7.50. The van der Waals surface area contributed by atoms with Crippen molar-refractivity contribution in [3.8, 4) is 45.0 Å². The highest BCUT2D eigenvalue weighted by atomic mass is 15.3. The largest absolute Gasteiger partial charge is 0.320 e. The second kappa shape index (κ2) is 9.64. The average molecular weight is 467 g/mol. The van der Waals surface area contributed by atoms with Crippen molar-refractivity contribution in [1.82, 2.24) is 19.9 Å². The van der Waals surface area contributed by atoms with E-state index in [-0.39, 0.29) is 0 Å². The summed E-state index contributed by atoms with van der Waals surface area (Å²) >= 11 is 0. The maximum Gasteiger partial charge on any atom is 0.247 e. The Kier molecular flexibility index (Phi) is 5.74. The lowest BCUT2D eigenvalue weighted by atomic mass is 10.1. The number of nitrogens with zero attached hydrogens (tertiary/aromatic N) is 4. The summed E-state index contributed by atoms with van der Waals surface area (Å²) in [6.07, 6.45) is 0. The van der Waals surface area contributed by atoms with E-state index in [4.69, 9.17) is 9.97 Å². The fourth-order valence-corrected chi connectivity index (χ4v) is 4.15. The summed E-state index contributed by atoms with van der Waals surface area (Å²) in [6, 6.07) is 40.3. The second-order valence-corrected chi connectivity index (χ2v) is 8.23. The highest BCUT2D eigenvalue weighted by molar-refractivity contribution is 5.80. The lowest BCUT2D eigenvalue weighted by Crippen LogP contribution is -1.82. The van der Waals surface area contributed by atoms with E-state index in [0.717, 1.165) is 45.0 Å². The van der Waals surface area contributed by atoms with Crippen molar-refractivity contribution in [2.24, 2.45) is 10.2 Å². The van der Waals surface area contributed by atoms with Gasteiger partial charge in [-0.1, -0.05) is 121 Å². The van der Waals surface area contributed by atoms with E-state index in [1.165, 1.54) is 0 Å². The third-order valence-electron chi connectivity index (χ3n) is 5.84. The molecule has 0 radical (unpaired) electrons. The Labute approximate surface area is 208 Å². The Hall–Kier alpha value is -5.10. The Morgan fingerprint density at radius 3 is 1.03 bits per heavy atom. The topological polar surface area (TPSA) is 82.1 Å². The van der Waals surface area contributed by atoms with Crippen molar-refractivity contribution >= 4 is 11.9 Å². The number of aromatic nitrogens is 4. The van der Waals surface area contributed by atoms with Gasteiger partial charge >= 0.3 is 0 Å². The minimum absolute atomic E-state index is 0.409. The molecule has 172 valence electrons.